The average molecular weight is 433 g/mol. The third-order valence-corrected chi connectivity index (χ3v) is 5.41. The van der Waals surface area contributed by atoms with Crippen LogP contribution in [0.2, 0.25) is 0 Å². The molecule has 3 rings (SSSR count). The Hall–Kier alpha value is -3.57. The Morgan fingerprint density at radius 2 is 1.93 bits per heavy atom. The second-order valence-corrected chi connectivity index (χ2v) is 7.68. The standard InChI is InChI=1S/C19H16FN3O6S/c1-28-15-7-8-18(17(11-15)23(24)25)30(26,27)22-12-13-4-3-9-21-19(13)29-16-6-2-5-14(20)10-16/h2-11,22H,12H2,1H3. The molecule has 1 aromatic heterocycles. The monoisotopic (exact) mass is 433 g/mol. The van der Waals surface area contributed by atoms with Gasteiger partial charge >= 0.3 is 0 Å². The zero-order chi connectivity index (χ0) is 21.7. The molecular weight excluding hydrogens is 417 g/mol. The lowest BCUT2D eigenvalue weighted by molar-refractivity contribution is -0.387. The first-order chi connectivity index (χ1) is 14.3. The van der Waals surface area contributed by atoms with Crippen LogP contribution in [0.4, 0.5) is 10.1 Å². The number of ether oxygens (including phenoxy) is 2. The van der Waals surface area contributed by atoms with Crippen LogP contribution in [0, 0.1) is 15.9 Å². The predicted octanol–water partition coefficient (Wildman–Crippen LogP) is 3.41. The molecule has 1 heterocycles. The minimum Gasteiger partial charge on any atom is -0.497 e. The number of nitro groups is 1. The minimum absolute atomic E-state index is 0.0648. The fraction of sp³-hybridized carbons (Fsp3) is 0.105. The lowest BCUT2D eigenvalue weighted by Gasteiger charge is -2.12. The van der Waals surface area contributed by atoms with Gasteiger partial charge in [-0.25, -0.2) is 22.5 Å². The molecule has 9 nitrogen and oxygen atoms in total. The summed E-state index contributed by atoms with van der Waals surface area (Å²) in [4.78, 5) is 14.0. The molecule has 2 aromatic carbocycles. The Labute approximate surface area is 171 Å². The summed E-state index contributed by atoms with van der Waals surface area (Å²) in [6.45, 7) is -0.260. The van der Waals surface area contributed by atoms with Gasteiger partial charge in [0.15, 0.2) is 4.90 Å². The largest absolute Gasteiger partial charge is 0.497 e. The lowest BCUT2D eigenvalue weighted by Crippen LogP contribution is -2.24. The first-order valence-electron chi connectivity index (χ1n) is 8.49. The number of nitro benzene ring substituents is 1. The van der Waals surface area contributed by atoms with Crippen molar-refractivity contribution in [2.45, 2.75) is 11.4 Å². The van der Waals surface area contributed by atoms with Crippen LogP contribution in [0.5, 0.6) is 17.4 Å². The number of benzene rings is 2. The van der Waals surface area contributed by atoms with Crippen LogP contribution in [0.1, 0.15) is 5.56 Å². The van der Waals surface area contributed by atoms with E-state index in [0.29, 0.717) is 5.56 Å². The van der Waals surface area contributed by atoms with Crippen molar-refractivity contribution >= 4 is 15.7 Å². The minimum atomic E-state index is -4.25. The van der Waals surface area contributed by atoms with Gasteiger partial charge in [-0.05, 0) is 30.3 Å². The van der Waals surface area contributed by atoms with Crippen molar-refractivity contribution in [3.05, 3.63) is 82.3 Å². The van der Waals surface area contributed by atoms with Crippen molar-refractivity contribution < 1.29 is 27.2 Å². The molecular formula is C19H16FN3O6S. The van der Waals surface area contributed by atoms with E-state index < -0.39 is 31.3 Å². The highest BCUT2D eigenvalue weighted by molar-refractivity contribution is 7.89. The van der Waals surface area contributed by atoms with Gasteiger partial charge in [0.2, 0.25) is 15.9 Å². The number of rotatable bonds is 8. The molecule has 0 aliphatic rings. The summed E-state index contributed by atoms with van der Waals surface area (Å²) in [7, 11) is -2.93. The number of sulfonamides is 1. The van der Waals surface area contributed by atoms with Crippen molar-refractivity contribution in [1.29, 1.82) is 0 Å². The summed E-state index contributed by atoms with van der Waals surface area (Å²) in [5.74, 6) is -0.102. The first-order valence-corrected chi connectivity index (χ1v) is 9.98. The van der Waals surface area contributed by atoms with Crippen molar-refractivity contribution in [3.63, 3.8) is 0 Å². The number of pyridine rings is 1. The highest BCUT2D eigenvalue weighted by Gasteiger charge is 2.26. The van der Waals surface area contributed by atoms with E-state index in [2.05, 4.69) is 9.71 Å². The van der Waals surface area contributed by atoms with Crippen LogP contribution in [0.25, 0.3) is 0 Å². The molecule has 0 spiro atoms. The molecule has 0 amide bonds. The van der Waals surface area contributed by atoms with Crippen LogP contribution in [0.15, 0.2) is 65.7 Å². The molecule has 0 bridgehead atoms. The molecule has 0 saturated heterocycles. The molecule has 156 valence electrons. The van der Waals surface area contributed by atoms with Crippen molar-refractivity contribution in [2.75, 3.05) is 7.11 Å². The average Bonchev–Trinajstić information content (AvgIpc) is 2.72. The number of halogens is 1. The van der Waals surface area contributed by atoms with Gasteiger partial charge in [-0.15, -0.1) is 0 Å². The SMILES string of the molecule is COc1ccc(S(=O)(=O)NCc2cccnc2Oc2cccc(F)c2)c([N+](=O)[O-])c1. The van der Waals surface area contributed by atoms with E-state index in [1.165, 1.54) is 37.6 Å². The Kier molecular flexibility index (Phi) is 6.23. The number of aromatic nitrogens is 1. The molecule has 0 aliphatic heterocycles. The summed E-state index contributed by atoms with van der Waals surface area (Å²) >= 11 is 0. The smallest absolute Gasteiger partial charge is 0.293 e. The highest BCUT2D eigenvalue weighted by Crippen LogP contribution is 2.29. The van der Waals surface area contributed by atoms with Crippen LogP contribution in [0.3, 0.4) is 0 Å². The van der Waals surface area contributed by atoms with Crippen molar-refractivity contribution in [3.8, 4) is 17.4 Å². The fourth-order valence-corrected chi connectivity index (χ4v) is 3.69. The Balaban J connectivity index is 1.84. The zero-order valence-corrected chi connectivity index (χ0v) is 16.4. The van der Waals surface area contributed by atoms with Crippen LogP contribution in [-0.4, -0.2) is 25.4 Å². The van der Waals surface area contributed by atoms with Gasteiger partial charge in [0.05, 0.1) is 18.1 Å². The normalized spacial score (nSPS) is 11.1. The quantitative estimate of drug-likeness (QED) is 0.427. The van der Waals surface area contributed by atoms with E-state index in [1.54, 1.807) is 12.1 Å². The maximum absolute atomic E-state index is 13.4. The van der Waals surface area contributed by atoms with E-state index in [1.807, 2.05) is 0 Å². The number of hydrogen-bond acceptors (Lipinski definition) is 7. The molecule has 3 aromatic rings. The van der Waals surface area contributed by atoms with Crippen molar-refractivity contribution in [1.82, 2.24) is 9.71 Å². The molecule has 0 aliphatic carbocycles. The summed E-state index contributed by atoms with van der Waals surface area (Å²) in [5, 5.41) is 11.3. The number of hydrogen-bond donors (Lipinski definition) is 1. The second kappa shape index (κ2) is 8.84. The molecule has 30 heavy (non-hydrogen) atoms. The summed E-state index contributed by atoms with van der Waals surface area (Å²) in [6, 6.07) is 11.9. The maximum Gasteiger partial charge on any atom is 0.293 e. The molecule has 1 N–H and O–H groups in total. The summed E-state index contributed by atoms with van der Waals surface area (Å²) < 4.78 is 51.5. The Bertz CT molecular complexity index is 1190. The van der Waals surface area contributed by atoms with Gasteiger partial charge < -0.3 is 9.47 Å². The number of nitrogens with one attached hydrogen (secondary N) is 1. The fourth-order valence-electron chi connectivity index (χ4n) is 2.54. The van der Waals surface area contributed by atoms with Gasteiger partial charge in [-0.1, -0.05) is 12.1 Å². The number of methoxy groups -OCH3 is 1. The van der Waals surface area contributed by atoms with Gasteiger partial charge in [0.25, 0.3) is 5.69 Å². The highest BCUT2D eigenvalue weighted by atomic mass is 32.2. The second-order valence-electron chi connectivity index (χ2n) is 5.94. The Morgan fingerprint density at radius 1 is 1.13 bits per heavy atom. The molecule has 0 unspecified atom stereocenters. The van der Waals surface area contributed by atoms with Crippen LogP contribution < -0.4 is 14.2 Å². The molecule has 0 fully saturated rings. The topological polar surface area (TPSA) is 121 Å². The van der Waals surface area contributed by atoms with Gasteiger partial charge in [-0.3, -0.25) is 10.1 Å². The summed E-state index contributed by atoms with van der Waals surface area (Å²) in [5.41, 5.74) is -0.272. The molecule has 0 atom stereocenters. The van der Waals surface area contributed by atoms with Crippen LogP contribution >= 0.6 is 0 Å². The third kappa shape index (κ3) is 4.88. The maximum atomic E-state index is 13.4. The predicted molar refractivity (Wildman–Crippen MR) is 104 cm³/mol. The van der Waals surface area contributed by atoms with E-state index in [9.17, 15) is 22.9 Å². The van der Waals surface area contributed by atoms with E-state index in [-0.39, 0.29) is 23.9 Å². The molecule has 11 heteroatoms. The van der Waals surface area contributed by atoms with Gasteiger partial charge in [0, 0.05) is 24.4 Å². The van der Waals surface area contributed by atoms with Gasteiger partial charge in [0.1, 0.15) is 17.3 Å². The first kappa shape index (κ1) is 21.1. The summed E-state index contributed by atoms with van der Waals surface area (Å²) in [6.07, 6.45) is 1.43. The molecule has 0 radical (unpaired) electrons. The van der Waals surface area contributed by atoms with E-state index in [0.717, 1.165) is 18.2 Å². The third-order valence-electron chi connectivity index (χ3n) is 3.97. The van der Waals surface area contributed by atoms with E-state index >= 15 is 0 Å². The molecule has 0 saturated carbocycles. The van der Waals surface area contributed by atoms with Crippen molar-refractivity contribution in [2.24, 2.45) is 0 Å². The zero-order valence-electron chi connectivity index (χ0n) is 15.6. The lowest BCUT2D eigenvalue weighted by atomic mass is 10.3. The van der Waals surface area contributed by atoms with Crippen LogP contribution in [-0.2, 0) is 16.6 Å². The number of nitrogens with zero attached hydrogens (tertiary/aromatic N) is 2. The van der Waals surface area contributed by atoms with E-state index in [4.69, 9.17) is 9.47 Å². The van der Waals surface area contributed by atoms with Gasteiger partial charge in [-0.2, -0.15) is 0 Å². The Morgan fingerprint density at radius 3 is 2.63 bits per heavy atom.